The minimum absolute atomic E-state index is 0.0482. The van der Waals surface area contributed by atoms with Crippen molar-refractivity contribution in [3.63, 3.8) is 0 Å². The highest BCUT2D eigenvalue weighted by atomic mass is 32.1. The molecule has 2 heterocycles. The molecule has 0 saturated heterocycles. The Morgan fingerprint density at radius 3 is 3.08 bits per heavy atom. The quantitative estimate of drug-likeness (QED) is 0.495. The van der Waals surface area contributed by atoms with Crippen LogP contribution in [0, 0.1) is 0 Å². The minimum atomic E-state index is 0.0482. The van der Waals surface area contributed by atoms with Crippen molar-refractivity contribution in [2.45, 2.75) is 13.0 Å². The zero-order valence-electron chi connectivity index (χ0n) is 6.99. The van der Waals surface area contributed by atoms with E-state index in [0.717, 1.165) is 23.6 Å². The molecule has 0 unspecified atom stereocenters. The molecule has 0 amide bonds. The predicted octanol–water partition coefficient (Wildman–Crippen LogP) is 0.121. The van der Waals surface area contributed by atoms with Crippen molar-refractivity contribution in [1.82, 2.24) is 4.98 Å². The van der Waals surface area contributed by atoms with Crippen LogP contribution in [0.2, 0.25) is 0 Å². The molecule has 0 aromatic carbocycles. The molecule has 1 aliphatic heterocycles. The van der Waals surface area contributed by atoms with E-state index >= 15 is 0 Å². The Hall–Kier alpha value is -1.14. The summed E-state index contributed by atoms with van der Waals surface area (Å²) in [7, 11) is 0. The summed E-state index contributed by atoms with van der Waals surface area (Å²) in [6, 6.07) is 0. The summed E-state index contributed by atoms with van der Waals surface area (Å²) in [6.45, 7) is 1.37. The Kier molecular flexibility index (Phi) is 2.15. The van der Waals surface area contributed by atoms with Gasteiger partial charge in [-0.15, -0.1) is 0 Å². The summed E-state index contributed by atoms with van der Waals surface area (Å²) >= 11 is 1.48. The normalized spacial score (nSPS) is 15.1. The highest BCUT2D eigenvalue weighted by Gasteiger charge is 2.14. The van der Waals surface area contributed by atoms with E-state index in [1.807, 2.05) is 0 Å². The standard InChI is InChI=1S/C7H10N4OS/c8-6(9)11-7-10-4-1-2-12-3-5(4)13-7/h1-3H2,(H4,8,9,10,11). The zero-order chi connectivity index (χ0) is 9.26. The molecule has 1 aromatic heterocycles. The molecule has 0 fully saturated rings. The van der Waals surface area contributed by atoms with Gasteiger partial charge in [0.15, 0.2) is 5.96 Å². The molecule has 1 aliphatic rings. The van der Waals surface area contributed by atoms with Crippen molar-refractivity contribution in [2.75, 3.05) is 6.61 Å². The van der Waals surface area contributed by atoms with Gasteiger partial charge in [0.25, 0.3) is 0 Å². The highest BCUT2D eigenvalue weighted by molar-refractivity contribution is 7.15. The number of thiazole rings is 1. The maximum Gasteiger partial charge on any atom is 0.212 e. The summed E-state index contributed by atoms with van der Waals surface area (Å²) in [5.41, 5.74) is 11.6. The first kappa shape index (κ1) is 8.46. The van der Waals surface area contributed by atoms with E-state index in [2.05, 4.69) is 9.98 Å². The van der Waals surface area contributed by atoms with Gasteiger partial charge < -0.3 is 16.2 Å². The number of hydrogen-bond acceptors (Lipinski definition) is 4. The number of guanidine groups is 1. The van der Waals surface area contributed by atoms with Crippen LogP contribution in [-0.2, 0) is 17.8 Å². The van der Waals surface area contributed by atoms with Crippen molar-refractivity contribution in [1.29, 1.82) is 0 Å². The fraction of sp³-hybridized carbons (Fsp3) is 0.429. The Bertz CT molecular complexity index is 319. The van der Waals surface area contributed by atoms with Gasteiger partial charge in [-0.2, -0.15) is 4.99 Å². The van der Waals surface area contributed by atoms with E-state index in [1.165, 1.54) is 11.3 Å². The molecule has 0 bridgehead atoms. The van der Waals surface area contributed by atoms with Crippen LogP contribution in [0.15, 0.2) is 4.99 Å². The minimum Gasteiger partial charge on any atom is -0.375 e. The second-order valence-corrected chi connectivity index (χ2v) is 3.77. The number of aromatic nitrogens is 1. The predicted molar refractivity (Wildman–Crippen MR) is 50.9 cm³/mol. The van der Waals surface area contributed by atoms with E-state index in [1.54, 1.807) is 0 Å². The van der Waals surface area contributed by atoms with Crippen LogP contribution in [0.25, 0.3) is 0 Å². The zero-order valence-corrected chi connectivity index (χ0v) is 7.80. The van der Waals surface area contributed by atoms with E-state index in [9.17, 15) is 0 Å². The molecule has 1 aromatic rings. The van der Waals surface area contributed by atoms with Gasteiger partial charge in [-0.05, 0) is 0 Å². The van der Waals surface area contributed by atoms with E-state index in [0.29, 0.717) is 11.7 Å². The molecule has 0 saturated carbocycles. The van der Waals surface area contributed by atoms with E-state index in [4.69, 9.17) is 16.2 Å². The first-order chi connectivity index (χ1) is 6.25. The molecular weight excluding hydrogens is 188 g/mol. The van der Waals surface area contributed by atoms with Crippen molar-refractivity contribution >= 4 is 22.4 Å². The Labute approximate surface area is 79.4 Å². The monoisotopic (exact) mass is 198 g/mol. The molecule has 0 radical (unpaired) electrons. The third-order valence-electron chi connectivity index (χ3n) is 1.71. The highest BCUT2D eigenvalue weighted by Crippen LogP contribution is 2.28. The van der Waals surface area contributed by atoms with E-state index < -0.39 is 0 Å². The van der Waals surface area contributed by atoms with Gasteiger partial charge >= 0.3 is 0 Å². The Morgan fingerprint density at radius 1 is 1.54 bits per heavy atom. The second-order valence-electron chi connectivity index (χ2n) is 2.71. The van der Waals surface area contributed by atoms with Crippen molar-refractivity contribution < 1.29 is 4.74 Å². The van der Waals surface area contributed by atoms with Gasteiger partial charge in [-0.25, -0.2) is 4.98 Å². The topological polar surface area (TPSA) is 86.5 Å². The van der Waals surface area contributed by atoms with Crippen LogP contribution in [0.3, 0.4) is 0 Å². The lowest BCUT2D eigenvalue weighted by atomic mass is 10.2. The summed E-state index contributed by atoms with van der Waals surface area (Å²) < 4.78 is 5.27. The molecule has 0 aliphatic carbocycles. The van der Waals surface area contributed by atoms with Crippen LogP contribution < -0.4 is 11.5 Å². The van der Waals surface area contributed by atoms with Crippen LogP contribution in [0.4, 0.5) is 5.13 Å². The van der Waals surface area contributed by atoms with Gasteiger partial charge in [0.2, 0.25) is 5.13 Å². The Morgan fingerprint density at radius 2 is 2.38 bits per heavy atom. The average molecular weight is 198 g/mol. The summed E-state index contributed by atoms with van der Waals surface area (Å²) in [4.78, 5) is 9.30. The first-order valence-electron chi connectivity index (χ1n) is 3.91. The molecule has 6 heteroatoms. The number of aliphatic imine (C=N–C) groups is 1. The number of fused-ring (bicyclic) bond motifs is 1. The maximum atomic E-state index is 5.27. The second kappa shape index (κ2) is 3.31. The molecular formula is C7H10N4OS. The summed E-state index contributed by atoms with van der Waals surface area (Å²) in [6.07, 6.45) is 0.853. The third kappa shape index (κ3) is 1.78. The maximum absolute atomic E-state index is 5.27. The lowest BCUT2D eigenvalue weighted by molar-refractivity contribution is 0.112. The molecule has 5 nitrogen and oxygen atoms in total. The lowest BCUT2D eigenvalue weighted by Crippen LogP contribution is -2.21. The van der Waals surface area contributed by atoms with Crippen molar-refractivity contribution in [3.8, 4) is 0 Å². The lowest BCUT2D eigenvalue weighted by Gasteiger charge is -2.08. The Balaban J connectivity index is 2.30. The van der Waals surface area contributed by atoms with Gasteiger partial charge in [-0.1, -0.05) is 11.3 Å². The summed E-state index contributed by atoms with van der Waals surface area (Å²) in [5.74, 6) is 0.0482. The van der Waals surface area contributed by atoms with Crippen LogP contribution in [-0.4, -0.2) is 17.6 Å². The third-order valence-corrected chi connectivity index (χ3v) is 2.67. The number of ether oxygens (including phenoxy) is 1. The molecule has 4 N–H and O–H groups in total. The van der Waals surface area contributed by atoms with Crippen LogP contribution in [0.1, 0.15) is 10.6 Å². The fourth-order valence-electron chi connectivity index (χ4n) is 1.17. The number of nitrogens with two attached hydrogens (primary N) is 2. The van der Waals surface area contributed by atoms with Crippen LogP contribution >= 0.6 is 11.3 Å². The largest absolute Gasteiger partial charge is 0.375 e. The number of hydrogen-bond donors (Lipinski definition) is 2. The smallest absolute Gasteiger partial charge is 0.212 e. The van der Waals surface area contributed by atoms with Gasteiger partial charge in [0.1, 0.15) is 0 Å². The van der Waals surface area contributed by atoms with E-state index in [-0.39, 0.29) is 5.96 Å². The van der Waals surface area contributed by atoms with Crippen molar-refractivity contribution in [3.05, 3.63) is 10.6 Å². The number of nitrogens with zero attached hydrogens (tertiary/aromatic N) is 2. The fourth-order valence-corrected chi connectivity index (χ4v) is 2.10. The van der Waals surface area contributed by atoms with Gasteiger partial charge in [0.05, 0.1) is 23.8 Å². The molecule has 0 spiro atoms. The average Bonchev–Trinajstić information content (AvgIpc) is 2.44. The molecule has 70 valence electrons. The summed E-state index contributed by atoms with van der Waals surface area (Å²) in [5, 5.41) is 0.621. The van der Waals surface area contributed by atoms with Crippen LogP contribution in [0.5, 0.6) is 0 Å². The SMILES string of the molecule is NC(N)=Nc1nc2c(s1)COCC2. The number of rotatable bonds is 1. The van der Waals surface area contributed by atoms with Crippen molar-refractivity contribution in [2.24, 2.45) is 16.5 Å². The molecule has 13 heavy (non-hydrogen) atoms. The molecule has 2 rings (SSSR count). The first-order valence-corrected chi connectivity index (χ1v) is 4.73. The van der Waals surface area contributed by atoms with Gasteiger partial charge in [-0.3, -0.25) is 0 Å². The van der Waals surface area contributed by atoms with Gasteiger partial charge in [0, 0.05) is 6.42 Å². The molecule has 0 atom stereocenters.